The van der Waals surface area contributed by atoms with Gasteiger partial charge >= 0.3 is 0 Å². The van der Waals surface area contributed by atoms with Crippen molar-refractivity contribution < 1.29 is 10.2 Å². The van der Waals surface area contributed by atoms with Crippen LogP contribution in [0.25, 0.3) is 0 Å². The lowest BCUT2D eigenvalue weighted by molar-refractivity contribution is 0.300. The number of aryl methyl sites for hydroxylation is 1. The standard InChI is InChI=1S/C11H15NO2/c13-8-7-12-6-2-4-9-3-1-5-10(14)11(9)12/h1,3,5,13-14H,2,4,6-8H2. The fourth-order valence-electron chi connectivity index (χ4n) is 2.06. The number of β-amino-alcohol motifs (C(OH)–C–C–N with tert-alkyl or cyclic N) is 1. The second-order valence-electron chi connectivity index (χ2n) is 3.60. The van der Waals surface area contributed by atoms with Crippen molar-refractivity contribution in [3.05, 3.63) is 23.8 Å². The van der Waals surface area contributed by atoms with Gasteiger partial charge in [0.25, 0.3) is 0 Å². The molecule has 0 radical (unpaired) electrons. The highest BCUT2D eigenvalue weighted by atomic mass is 16.3. The molecule has 0 fully saturated rings. The van der Waals surface area contributed by atoms with Gasteiger partial charge in [0, 0.05) is 13.1 Å². The summed E-state index contributed by atoms with van der Waals surface area (Å²) in [6, 6.07) is 5.61. The van der Waals surface area contributed by atoms with E-state index in [1.165, 1.54) is 5.56 Å². The summed E-state index contributed by atoms with van der Waals surface area (Å²) in [6.45, 7) is 1.66. The fourth-order valence-corrected chi connectivity index (χ4v) is 2.06. The highest BCUT2D eigenvalue weighted by molar-refractivity contribution is 5.64. The average Bonchev–Trinajstić information content (AvgIpc) is 2.19. The largest absolute Gasteiger partial charge is 0.506 e. The van der Waals surface area contributed by atoms with Gasteiger partial charge in [-0.25, -0.2) is 0 Å². The Morgan fingerprint density at radius 2 is 2.21 bits per heavy atom. The van der Waals surface area contributed by atoms with E-state index in [1.54, 1.807) is 6.07 Å². The molecule has 0 aliphatic carbocycles. The summed E-state index contributed by atoms with van der Waals surface area (Å²) in [6.07, 6.45) is 2.11. The number of aliphatic hydroxyl groups excluding tert-OH is 1. The maximum Gasteiger partial charge on any atom is 0.139 e. The monoisotopic (exact) mass is 193 g/mol. The predicted octanol–water partition coefficient (Wildman–Crippen LogP) is 1.14. The van der Waals surface area contributed by atoms with Crippen molar-refractivity contribution in [2.45, 2.75) is 12.8 Å². The molecule has 0 saturated carbocycles. The first-order valence-electron chi connectivity index (χ1n) is 4.99. The van der Waals surface area contributed by atoms with Gasteiger partial charge in [0.1, 0.15) is 5.75 Å². The molecule has 2 N–H and O–H groups in total. The van der Waals surface area contributed by atoms with Crippen molar-refractivity contribution in [2.75, 3.05) is 24.6 Å². The van der Waals surface area contributed by atoms with E-state index in [9.17, 15) is 5.11 Å². The number of nitrogens with zero attached hydrogens (tertiary/aromatic N) is 1. The van der Waals surface area contributed by atoms with Crippen LogP contribution in [0.5, 0.6) is 5.75 Å². The SMILES string of the molecule is OCCN1CCCc2cccc(O)c21. The number of aliphatic hydroxyl groups is 1. The Balaban J connectivity index is 2.36. The molecule has 0 unspecified atom stereocenters. The lowest BCUT2D eigenvalue weighted by Crippen LogP contribution is -2.31. The quantitative estimate of drug-likeness (QED) is 0.740. The van der Waals surface area contributed by atoms with Crippen LogP contribution in [-0.2, 0) is 6.42 Å². The minimum atomic E-state index is 0.133. The van der Waals surface area contributed by atoms with Crippen LogP contribution >= 0.6 is 0 Å². The maximum atomic E-state index is 9.73. The smallest absolute Gasteiger partial charge is 0.139 e. The van der Waals surface area contributed by atoms with Gasteiger partial charge in [-0.3, -0.25) is 0 Å². The predicted molar refractivity (Wildman–Crippen MR) is 55.7 cm³/mol. The van der Waals surface area contributed by atoms with Gasteiger partial charge in [0.2, 0.25) is 0 Å². The van der Waals surface area contributed by atoms with Gasteiger partial charge in [0.15, 0.2) is 0 Å². The van der Waals surface area contributed by atoms with E-state index in [4.69, 9.17) is 5.11 Å². The summed E-state index contributed by atoms with van der Waals surface area (Å²) in [5, 5.41) is 18.6. The maximum absolute atomic E-state index is 9.73. The number of hydrogen-bond acceptors (Lipinski definition) is 3. The summed E-state index contributed by atoms with van der Waals surface area (Å²) < 4.78 is 0. The van der Waals surface area contributed by atoms with Crippen molar-refractivity contribution in [3.63, 3.8) is 0 Å². The Bertz CT molecular complexity index is 325. The zero-order chi connectivity index (χ0) is 9.97. The van der Waals surface area contributed by atoms with Crippen molar-refractivity contribution in [3.8, 4) is 5.75 Å². The minimum Gasteiger partial charge on any atom is -0.506 e. The van der Waals surface area contributed by atoms with Crippen LogP contribution in [0.3, 0.4) is 0 Å². The highest BCUT2D eigenvalue weighted by Crippen LogP contribution is 2.34. The Hall–Kier alpha value is -1.22. The molecule has 0 atom stereocenters. The summed E-state index contributed by atoms with van der Waals surface area (Å²) in [5.74, 6) is 0.329. The van der Waals surface area contributed by atoms with E-state index < -0.39 is 0 Å². The number of phenolic OH excluding ortho intramolecular Hbond substituents is 1. The van der Waals surface area contributed by atoms with Crippen LogP contribution in [0.15, 0.2) is 18.2 Å². The number of phenols is 1. The van der Waals surface area contributed by atoms with Gasteiger partial charge < -0.3 is 15.1 Å². The third-order valence-electron chi connectivity index (χ3n) is 2.66. The molecule has 1 aromatic rings. The van der Waals surface area contributed by atoms with E-state index in [-0.39, 0.29) is 6.61 Å². The lowest BCUT2D eigenvalue weighted by Gasteiger charge is -2.31. The molecule has 14 heavy (non-hydrogen) atoms. The zero-order valence-corrected chi connectivity index (χ0v) is 8.11. The molecule has 76 valence electrons. The Morgan fingerprint density at radius 3 is 3.00 bits per heavy atom. The van der Waals surface area contributed by atoms with E-state index in [0.717, 1.165) is 25.1 Å². The molecule has 0 spiro atoms. The molecule has 0 saturated heterocycles. The number of anilines is 1. The lowest BCUT2D eigenvalue weighted by atomic mass is 10.0. The average molecular weight is 193 g/mol. The molecular weight excluding hydrogens is 178 g/mol. The molecule has 0 bridgehead atoms. The molecule has 1 aromatic carbocycles. The molecule has 2 rings (SSSR count). The molecular formula is C11H15NO2. The van der Waals surface area contributed by atoms with Gasteiger partial charge in [-0.05, 0) is 24.5 Å². The zero-order valence-electron chi connectivity index (χ0n) is 8.11. The van der Waals surface area contributed by atoms with Gasteiger partial charge in [0.05, 0.1) is 12.3 Å². The molecule has 1 aliphatic heterocycles. The molecule has 0 amide bonds. The first-order valence-corrected chi connectivity index (χ1v) is 4.99. The fraction of sp³-hybridized carbons (Fsp3) is 0.455. The Morgan fingerprint density at radius 1 is 1.36 bits per heavy atom. The van der Waals surface area contributed by atoms with Crippen LogP contribution < -0.4 is 4.90 Å². The van der Waals surface area contributed by atoms with Gasteiger partial charge in [-0.2, -0.15) is 0 Å². The summed E-state index contributed by atoms with van der Waals surface area (Å²) in [7, 11) is 0. The Kier molecular flexibility index (Phi) is 2.59. The van der Waals surface area contributed by atoms with E-state index >= 15 is 0 Å². The summed E-state index contributed by atoms with van der Waals surface area (Å²) in [5.41, 5.74) is 2.09. The third kappa shape index (κ3) is 1.55. The van der Waals surface area contributed by atoms with Crippen molar-refractivity contribution in [1.29, 1.82) is 0 Å². The molecule has 1 heterocycles. The van der Waals surface area contributed by atoms with Crippen LogP contribution in [-0.4, -0.2) is 29.9 Å². The van der Waals surface area contributed by atoms with Crippen molar-refractivity contribution >= 4 is 5.69 Å². The first kappa shape index (κ1) is 9.34. The van der Waals surface area contributed by atoms with Crippen LogP contribution in [0.4, 0.5) is 5.69 Å². The summed E-state index contributed by atoms with van der Waals surface area (Å²) >= 11 is 0. The van der Waals surface area contributed by atoms with Gasteiger partial charge in [-0.15, -0.1) is 0 Å². The molecule has 3 nitrogen and oxygen atoms in total. The second-order valence-corrected chi connectivity index (χ2v) is 3.60. The number of benzene rings is 1. The second kappa shape index (κ2) is 3.88. The topological polar surface area (TPSA) is 43.7 Å². The number of rotatable bonds is 2. The van der Waals surface area contributed by atoms with Crippen molar-refractivity contribution in [2.24, 2.45) is 0 Å². The minimum absolute atomic E-state index is 0.133. The molecule has 0 aromatic heterocycles. The van der Waals surface area contributed by atoms with E-state index in [2.05, 4.69) is 0 Å². The van der Waals surface area contributed by atoms with Gasteiger partial charge in [-0.1, -0.05) is 12.1 Å². The Labute approximate surface area is 83.6 Å². The number of hydrogen-bond donors (Lipinski definition) is 2. The van der Waals surface area contributed by atoms with E-state index in [1.807, 2.05) is 17.0 Å². The number of para-hydroxylation sites is 1. The number of fused-ring (bicyclic) bond motifs is 1. The molecule has 1 aliphatic rings. The normalized spacial score (nSPS) is 15.4. The summed E-state index contributed by atoms with van der Waals surface area (Å²) in [4.78, 5) is 2.05. The number of aromatic hydroxyl groups is 1. The van der Waals surface area contributed by atoms with Crippen LogP contribution in [0.2, 0.25) is 0 Å². The third-order valence-corrected chi connectivity index (χ3v) is 2.66. The van der Waals surface area contributed by atoms with Crippen LogP contribution in [0, 0.1) is 0 Å². The van der Waals surface area contributed by atoms with E-state index in [0.29, 0.717) is 12.3 Å². The molecule has 3 heteroatoms. The highest BCUT2D eigenvalue weighted by Gasteiger charge is 2.18. The van der Waals surface area contributed by atoms with Crippen LogP contribution in [0.1, 0.15) is 12.0 Å². The first-order chi connectivity index (χ1) is 6.83. The van der Waals surface area contributed by atoms with Crippen molar-refractivity contribution in [1.82, 2.24) is 0 Å².